The van der Waals surface area contributed by atoms with E-state index in [1.54, 1.807) is 274 Å². The Hall–Kier alpha value is -14.6. The monoisotopic (exact) mass is 1780 g/mol. The standard InChI is InChI=1S/C26H25ClN4O2.C25H22ClFN4O2.C24H21ClN4O2.C23H21ClN4O2/c27-20-12-14-21(15-13-20)29-26(33)22-6-2-3-7-23(22)30-25(32)19-10-8-18(9-11-19)24(28)31-16-4-1-5-17-31;26-18-11-12-22(20(27)15-18)30-25(33)19-5-1-2-6-21(19)29-24(32)17-9-7-16(8-10-17)23(28)31-13-3-4-14-31;1-29-15-14-26-22(29)16-6-8-17(9-7-16)23(30)28-21-5-3-2-4-20(21)24(31)27-19-12-10-18(25)11-13-19;1-28(2)21(25)15-7-9-16(10-8-15)22(29)27-20-6-4-3-5-19(20)23(30)26-18-13-11-17(24)12-14-18/h2-3,6-15,28H,1,4-5,16-17H2,(H,29,33)(H,30,32);1-2,5-12,15,28H,3-4,13-14H2,(H,29,32)(H,30,33);2-13H,14-15H2,1H3,(H,27,31)(H,28,30);3-14,25H,1-2H3,(H,26,30)(H,27,29). The highest BCUT2D eigenvalue weighted by atomic mass is 35.5. The fourth-order valence-electron chi connectivity index (χ4n) is 13.5. The Morgan fingerprint density at radius 2 is 0.606 bits per heavy atom. The average molecular weight is 1780 g/mol. The van der Waals surface area contributed by atoms with Gasteiger partial charge in [0.05, 0.1) is 57.2 Å². The fourth-order valence-corrected chi connectivity index (χ4v) is 14.1. The van der Waals surface area contributed by atoms with E-state index in [1.807, 2.05) is 24.1 Å². The van der Waals surface area contributed by atoms with Gasteiger partial charge in [-0.25, -0.2) is 4.39 Å². The van der Waals surface area contributed by atoms with Gasteiger partial charge < -0.3 is 62.1 Å². The van der Waals surface area contributed by atoms with Crippen LogP contribution in [-0.4, -0.2) is 151 Å². The number of likely N-dealkylation sites (tertiary alicyclic amines) is 2. The third kappa shape index (κ3) is 25.3. The number of aliphatic imine (C=N–C) groups is 1. The van der Waals surface area contributed by atoms with E-state index in [9.17, 15) is 42.7 Å². The molecule has 3 heterocycles. The van der Waals surface area contributed by atoms with Gasteiger partial charge in [0.15, 0.2) is 0 Å². The van der Waals surface area contributed by atoms with Crippen LogP contribution in [0.25, 0.3) is 0 Å². The van der Waals surface area contributed by atoms with Gasteiger partial charge in [-0.1, -0.05) is 143 Å². The predicted octanol–water partition coefficient (Wildman–Crippen LogP) is 20.3. The van der Waals surface area contributed by atoms with E-state index in [-0.39, 0.29) is 51.7 Å². The van der Waals surface area contributed by atoms with Crippen LogP contribution in [0.3, 0.4) is 0 Å². The summed E-state index contributed by atoms with van der Waals surface area (Å²) in [7, 11) is 5.57. The van der Waals surface area contributed by atoms with E-state index in [4.69, 9.17) is 62.6 Å². The molecule has 2 saturated heterocycles. The maximum absolute atomic E-state index is 14.1. The molecule has 0 aromatic heterocycles. The molecule has 11 N–H and O–H groups in total. The Morgan fingerprint density at radius 3 is 0.921 bits per heavy atom. The molecule has 2 fully saturated rings. The third-order valence-corrected chi connectivity index (χ3v) is 21.4. The first-order valence-electron chi connectivity index (χ1n) is 40.5. The molecule has 0 atom stereocenters. The molecular weight excluding hydrogens is 1690 g/mol. The molecule has 12 aromatic rings. The van der Waals surface area contributed by atoms with E-state index >= 15 is 0 Å². The van der Waals surface area contributed by atoms with Crippen molar-refractivity contribution < 1.29 is 42.7 Å². The predicted molar refractivity (Wildman–Crippen MR) is 505 cm³/mol. The van der Waals surface area contributed by atoms with Gasteiger partial charge in [0.1, 0.15) is 29.2 Å². The van der Waals surface area contributed by atoms with Gasteiger partial charge >= 0.3 is 0 Å². The largest absolute Gasteiger partial charge is 0.363 e. The van der Waals surface area contributed by atoms with E-state index in [0.29, 0.717) is 117 Å². The lowest BCUT2D eigenvalue weighted by molar-refractivity contribution is 0.101. The number of hydrogen-bond donors (Lipinski definition) is 11. The molecule has 15 rings (SSSR count). The molecule has 0 aliphatic carbocycles. The molecule has 0 bridgehead atoms. The number of carbonyl (C=O) groups is 8. The Kier molecular flexibility index (Phi) is 31.8. The van der Waals surface area contributed by atoms with E-state index in [2.05, 4.69) is 57.3 Å². The van der Waals surface area contributed by atoms with Gasteiger partial charge in [0.25, 0.3) is 47.3 Å². The van der Waals surface area contributed by atoms with Crippen LogP contribution in [-0.2, 0) is 0 Å². The van der Waals surface area contributed by atoms with Gasteiger partial charge in [0, 0.05) is 136 Å². The summed E-state index contributed by atoms with van der Waals surface area (Å²) in [6.45, 7) is 5.22. The molecule has 0 unspecified atom stereocenters. The van der Waals surface area contributed by atoms with Crippen molar-refractivity contribution >= 4 is 163 Å². The molecule has 24 nitrogen and oxygen atoms in total. The summed E-state index contributed by atoms with van der Waals surface area (Å²) >= 11 is 23.4. The van der Waals surface area contributed by atoms with Crippen LogP contribution in [0.1, 0.15) is 137 Å². The number of likely N-dealkylation sites (N-methyl/N-ethyl adjacent to an activating group) is 1. The van der Waals surface area contributed by atoms with Crippen LogP contribution < -0.4 is 42.5 Å². The fraction of sp³-hybridized carbons (Fsp3) is 0.143. The summed E-state index contributed by atoms with van der Waals surface area (Å²) in [6, 6.07) is 79.2. The minimum Gasteiger partial charge on any atom is -0.363 e. The zero-order valence-electron chi connectivity index (χ0n) is 69.3. The van der Waals surface area contributed by atoms with Crippen molar-refractivity contribution in [2.75, 3.05) is 103 Å². The van der Waals surface area contributed by atoms with Crippen molar-refractivity contribution in [1.82, 2.24) is 19.6 Å². The summed E-state index contributed by atoms with van der Waals surface area (Å²) in [4.78, 5) is 114. The lowest BCUT2D eigenvalue weighted by atomic mass is 10.1. The minimum atomic E-state index is -0.656. The molecule has 0 saturated carbocycles. The number of amidine groups is 4. The normalized spacial score (nSPS) is 12.4. The van der Waals surface area contributed by atoms with Crippen molar-refractivity contribution in [3.63, 3.8) is 0 Å². The Labute approximate surface area is 754 Å². The Morgan fingerprint density at radius 1 is 0.323 bits per heavy atom. The van der Waals surface area contributed by atoms with Crippen LogP contribution in [0.15, 0.2) is 290 Å². The highest BCUT2D eigenvalue weighted by Gasteiger charge is 2.24. The van der Waals surface area contributed by atoms with Crippen LogP contribution in [0.5, 0.6) is 0 Å². The quantitative estimate of drug-likeness (QED) is 0.0251. The third-order valence-electron chi connectivity index (χ3n) is 20.4. The summed E-state index contributed by atoms with van der Waals surface area (Å²) in [5, 5.41) is 48.8. The number of halogens is 5. The topological polar surface area (TPSA) is 330 Å². The lowest BCUT2D eigenvalue weighted by Crippen LogP contribution is -2.35. The zero-order valence-corrected chi connectivity index (χ0v) is 72.3. The number of nitrogens with one attached hydrogen (secondary N) is 11. The number of benzene rings is 12. The molecule has 127 heavy (non-hydrogen) atoms. The molecule has 0 spiro atoms. The second-order valence-electron chi connectivity index (χ2n) is 29.6. The Bertz CT molecular complexity index is 6060. The average Bonchev–Trinajstić information content (AvgIpc) is 1.60. The molecule has 0 radical (unpaired) electrons. The van der Waals surface area contributed by atoms with E-state index in [0.717, 1.165) is 93.5 Å². The maximum Gasteiger partial charge on any atom is 0.257 e. The van der Waals surface area contributed by atoms with Crippen molar-refractivity contribution in [3.05, 3.63) is 378 Å². The molecule has 644 valence electrons. The smallest absolute Gasteiger partial charge is 0.257 e. The summed E-state index contributed by atoms with van der Waals surface area (Å²) < 4.78 is 14.1. The molecule has 3 aliphatic heterocycles. The second kappa shape index (κ2) is 44.1. The lowest BCUT2D eigenvalue weighted by Gasteiger charge is -2.29. The van der Waals surface area contributed by atoms with Gasteiger partial charge in [0.2, 0.25) is 0 Å². The van der Waals surface area contributed by atoms with Crippen molar-refractivity contribution in [2.45, 2.75) is 32.1 Å². The van der Waals surface area contributed by atoms with Crippen LogP contribution in [0.2, 0.25) is 20.1 Å². The second-order valence-corrected chi connectivity index (χ2v) is 31.3. The number of nitrogens with zero attached hydrogens (tertiary/aromatic N) is 5. The molecular formula is C98H89Cl4FN16O8. The zero-order chi connectivity index (χ0) is 90.0. The van der Waals surface area contributed by atoms with E-state index in [1.165, 1.54) is 18.6 Å². The number of amides is 8. The summed E-state index contributed by atoms with van der Waals surface area (Å²) in [5.41, 5.74) is 9.60. The first-order valence-corrected chi connectivity index (χ1v) is 42.0. The number of rotatable bonds is 20. The van der Waals surface area contributed by atoms with Gasteiger partial charge in [-0.05, 0) is 220 Å². The minimum absolute atomic E-state index is 0.0124. The van der Waals surface area contributed by atoms with Crippen molar-refractivity contribution in [1.29, 1.82) is 16.2 Å². The Balaban J connectivity index is 0.000000154. The van der Waals surface area contributed by atoms with Crippen LogP contribution in [0, 0.1) is 22.0 Å². The van der Waals surface area contributed by atoms with Crippen molar-refractivity contribution in [3.8, 4) is 0 Å². The van der Waals surface area contributed by atoms with E-state index < -0.39 is 17.6 Å². The van der Waals surface area contributed by atoms with Gasteiger partial charge in [-0.2, -0.15) is 0 Å². The van der Waals surface area contributed by atoms with Crippen LogP contribution in [0.4, 0.5) is 49.9 Å². The number of anilines is 8. The highest BCUT2D eigenvalue weighted by Crippen LogP contribution is 2.29. The first kappa shape index (κ1) is 91.6. The number of para-hydroxylation sites is 4. The van der Waals surface area contributed by atoms with Gasteiger partial charge in [-0.3, -0.25) is 59.6 Å². The van der Waals surface area contributed by atoms with Gasteiger partial charge in [-0.15, -0.1) is 0 Å². The van der Waals surface area contributed by atoms with Crippen molar-refractivity contribution in [2.24, 2.45) is 4.99 Å². The molecule has 3 aliphatic rings. The molecule has 29 heteroatoms. The number of piperidine rings is 1. The summed E-state index contributed by atoms with van der Waals surface area (Å²) in [6.07, 6.45) is 5.59. The maximum atomic E-state index is 14.1. The highest BCUT2D eigenvalue weighted by molar-refractivity contribution is 6.32. The molecule has 12 aromatic carbocycles. The van der Waals surface area contributed by atoms with Crippen LogP contribution >= 0.6 is 46.4 Å². The SMILES string of the molecule is CN(C)C(=N)c1ccc(C(=O)Nc2ccccc2C(=O)Nc2ccc(Cl)cc2)cc1.CN1CCN=C1c1ccc(C(=O)Nc2ccccc2C(=O)Nc2ccc(Cl)cc2)cc1.N=C(c1ccc(C(=O)Nc2ccccc2C(=O)Nc2ccc(Cl)cc2)cc1)N1CCCCC1.N=C(c1ccc(C(=O)Nc2ccccc2C(=O)Nc2ccc(Cl)cc2F)cc1)N1CCCC1. The summed E-state index contributed by atoms with van der Waals surface area (Å²) in [5.74, 6) is -1.35. The number of hydrogen-bond acceptors (Lipinski definition) is 13. The first-order chi connectivity index (χ1) is 61.3. The molecule has 8 amide bonds. The number of carbonyl (C=O) groups excluding carboxylic acids is 8.